The highest BCUT2D eigenvalue weighted by Gasteiger charge is 2.18. The molecular weight excluding hydrogens is 288 g/mol. The van der Waals surface area contributed by atoms with Crippen LogP contribution in [-0.4, -0.2) is 30.6 Å². The van der Waals surface area contributed by atoms with Crippen LogP contribution < -0.4 is 5.32 Å². The number of benzene rings is 1. The monoisotopic (exact) mass is 302 g/mol. The predicted molar refractivity (Wildman–Crippen MR) is 71.9 cm³/mol. The van der Waals surface area contributed by atoms with Gasteiger partial charge in [0.1, 0.15) is 0 Å². The molecule has 1 aromatic carbocycles. The maximum atomic E-state index is 6.22. The van der Waals surface area contributed by atoms with Gasteiger partial charge in [0.2, 0.25) is 0 Å². The van der Waals surface area contributed by atoms with Crippen LogP contribution in [0.1, 0.15) is 12.5 Å². The quantitative estimate of drug-likeness (QED) is 0.904. The van der Waals surface area contributed by atoms with E-state index in [0.717, 1.165) is 35.7 Å². The SMILES string of the molecule is CC1CNCCN1Cc1ccc(Br)cc1Cl. The van der Waals surface area contributed by atoms with Gasteiger partial charge in [0.15, 0.2) is 0 Å². The van der Waals surface area contributed by atoms with Gasteiger partial charge in [-0.15, -0.1) is 0 Å². The average molecular weight is 304 g/mol. The first-order valence-electron chi connectivity index (χ1n) is 5.55. The van der Waals surface area contributed by atoms with Gasteiger partial charge in [-0.3, -0.25) is 4.90 Å². The Kier molecular flexibility index (Phi) is 4.25. The number of piperazine rings is 1. The molecule has 2 rings (SSSR count). The molecule has 1 aliphatic rings. The fraction of sp³-hybridized carbons (Fsp3) is 0.500. The van der Waals surface area contributed by atoms with Crippen LogP contribution in [0.4, 0.5) is 0 Å². The van der Waals surface area contributed by atoms with Crippen molar-refractivity contribution in [3.05, 3.63) is 33.3 Å². The second-order valence-corrected chi connectivity index (χ2v) is 5.58. The molecular formula is C12H16BrClN2. The summed E-state index contributed by atoms with van der Waals surface area (Å²) in [7, 11) is 0. The number of halogens is 2. The van der Waals surface area contributed by atoms with E-state index in [9.17, 15) is 0 Å². The first-order chi connectivity index (χ1) is 7.66. The third-order valence-corrected chi connectivity index (χ3v) is 3.87. The van der Waals surface area contributed by atoms with Crippen LogP contribution in [0, 0.1) is 0 Å². The molecule has 88 valence electrons. The van der Waals surface area contributed by atoms with E-state index in [4.69, 9.17) is 11.6 Å². The van der Waals surface area contributed by atoms with E-state index in [2.05, 4.69) is 39.1 Å². The molecule has 1 heterocycles. The Hall–Kier alpha value is -0.0900. The minimum atomic E-state index is 0.577. The highest BCUT2D eigenvalue weighted by molar-refractivity contribution is 9.10. The van der Waals surface area contributed by atoms with Gasteiger partial charge < -0.3 is 5.32 Å². The summed E-state index contributed by atoms with van der Waals surface area (Å²) in [5.41, 5.74) is 1.21. The maximum Gasteiger partial charge on any atom is 0.0462 e. The van der Waals surface area contributed by atoms with Crippen molar-refractivity contribution in [1.29, 1.82) is 0 Å². The molecule has 1 saturated heterocycles. The minimum absolute atomic E-state index is 0.577. The molecule has 1 aliphatic heterocycles. The van der Waals surface area contributed by atoms with Crippen molar-refractivity contribution in [1.82, 2.24) is 10.2 Å². The summed E-state index contributed by atoms with van der Waals surface area (Å²) in [4.78, 5) is 2.46. The summed E-state index contributed by atoms with van der Waals surface area (Å²) in [5.74, 6) is 0. The van der Waals surface area contributed by atoms with Crippen molar-refractivity contribution in [2.75, 3.05) is 19.6 Å². The van der Waals surface area contributed by atoms with Crippen molar-refractivity contribution in [3.63, 3.8) is 0 Å². The molecule has 0 saturated carbocycles. The van der Waals surface area contributed by atoms with E-state index in [1.165, 1.54) is 5.56 Å². The van der Waals surface area contributed by atoms with Gasteiger partial charge in [0.05, 0.1) is 0 Å². The zero-order valence-electron chi connectivity index (χ0n) is 9.34. The van der Waals surface area contributed by atoms with Gasteiger partial charge in [-0.2, -0.15) is 0 Å². The number of hydrogen-bond donors (Lipinski definition) is 1. The summed E-state index contributed by atoms with van der Waals surface area (Å²) < 4.78 is 1.04. The predicted octanol–water partition coefficient (Wildman–Crippen LogP) is 2.90. The zero-order valence-corrected chi connectivity index (χ0v) is 11.7. The molecule has 1 N–H and O–H groups in total. The van der Waals surface area contributed by atoms with Crippen molar-refractivity contribution in [2.24, 2.45) is 0 Å². The molecule has 1 unspecified atom stereocenters. The molecule has 1 fully saturated rings. The first-order valence-corrected chi connectivity index (χ1v) is 6.72. The van der Waals surface area contributed by atoms with Crippen molar-refractivity contribution >= 4 is 27.5 Å². The topological polar surface area (TPSA) is 15.3 Å². The second kappa shape index (κ2) is 5.50. The standard InChI is InChI=1S/C12H16BrClN2/c1-9-7-15-4-5-16(9)8-10-2-3-11(13)6-12(10)14/h2-3,6,9,15H,4-5,7-8H2,1H3. The molecule has 0 bridgehead atoms. The second-order valence-electron chi connectivity index (χ2n) is 4.26. The highest BCUT2D eigenvalue weighted by atomic mass is 79.9. The summed E-state index contributed by atoms with van der Waals surface area (Å²) in [6, 6.07) is 6.69. The van der Waals surface area contributed by atoms with Crippen molar-refractivity contribution < 1.29 is 0 Å². The Labute approximate surface area is 110 Å². The smallest absolute Gasteiger partial charge is 0.0462 e. The van der Waals surface area contributed by atoms with Gasteiger partial charge >= 0.3 is 0 Å². The van der Waals surface area contributed by atoms with E-state index in [1.807, 2.05) is 12.1 Å². The van der Waals surface area contributed by atoms with Crippen molar-refractivity contribution in [2.45, 2.75) is 19.5 Å². The third-order valence-electron chi connectivity index (χ3n) is 3.03. The fourth-order valence-electron chi connectivity index (χ4n) is 1.99. The summed E-state index contributed by atoms with van der Waals surface area (Å²) in [6.07, 6.45) is 0. The number of nitrogens with one attached hydrogen (secondary N) is 1. The van der Waals surface area contributed by atoms with Crippen LogP contribution in [0.5, 0.6) is 0 Å². The molecule has 2 nitrogen and oxygen atoms in total. The Balaban J connectivity index is 2.07. The Morgan fingerprint density at radius 2 is 2.38 bits per heavy atom. The molecule has 0 aromatic heterocycles. The van der Waals surface area contributed by atoms with Crippen LogP contribution in [0.15, 0.2) is 22.7 Å². The number of nitrogens with zero attached hydrogens (tertiary/aromatic N) is 1. The summed E-state index contributed by atoms with van der Waals surface area (Å²) in [5, 5.41) is 4.24. The van der Waals surface area contributed by atoms with E-state index < -0.39 is 0 Å². The molecule has 1 atom stereocenters. The lowest BCUT2D eigenvalue weighted by atomic mass is 10.1. The Bertz CT molecular complexity index is 370. The number of hydrogen-bond acceptors (Lipinski definition) is 2. The van der Waals surface area contributed by atoms with Crippen LogP contribution in [-0.2, 0) is 6.54 Å². The van der Waals surface area contributed by atoms with Crippen LogP contribution in [0.3, 0.4) is 0 Å². The average Bonchev–Trinajstić information content (AvgIpc) is 2.25. The van der Waals surface area contributed by atoms with E-state index in [0.29, 0.717) is 6.04 Å². The van der Waals surface area contributed by atoms with Crippen LogP contribution in [0.2, 0.25) is 5.02 Å². The van der Waals surface area contributed by atoms with E-state index in [1.54, 1.807) is 0 Å². The zero-order chi connectivity index (χ0) is 11.5. The molecule has 0 aliphatic carbocycles. The summed E-state index contributed by atoms with van der Waals surface area (Å²) >= 11 is 9.65. The first kappa shape index (κ1) is 12.4. The van der Waals surface area contributed by atoms with Gasteiger partial charge in [-0.25, -0.2) is 0 Å². The minimum Gasteiger partial charge on any atom is -0.314 e. The lowest BCUT2D eigenvalue weighted by Gasteiger charge is -2.34. The van der Waals surface area contributed by atoms with Crippen LogP contribution in [0.25, 0.3) is 0 Å². The fourth-order valence-corrected chi connectivity index (χ4v) is 2.72. The van der Waals surface area contributed by atoms with Gasteiger partial charge in [-0.05, 0) is 24.6 Å². The van der Waals surface area contributed by atoms with E-state index in [-0.39, 0.29) is 0 Å². The van der Waals surface area contributed by atoms with Gasteiger partial charge in [0.25, 0.3) is 0 Å². The van der Waals surface area contributed by atoms with Crippen LogP contribution >= 0.6 is 27.5 Å². The van der Waals surface area contributed by atoms with Gasteiger partial charge in [-0.1, -0.05) is 33.6 Å². The van der Waals surface area contributed by atoms with Crippen molar-refractivity contribution in [3.8, 4) is 0 Å². The van der Waals surface area contributed by atoms with Gasteiger partial charge in [0, 0.05) is 41.7 Å². The molecule has 16 heavy (non-hydrogen) atoms. The molecule has 1 aromatic rings. The molecule has 4 heteroatoms. The summed E-state index contributed by atoms with van der Waals surface area (Å²) in [6.45, 7) is 6.41. The van der Waals surface area contributed by atoms with E-state index >= 15 is 0 Å². The molecule has 0 amide bonds. The highest BCUT2D eigenvalue weighted by Crippen LogP contribution is 2.23. The normalized spacial score (nSPS) is 22.3. The maximum absolute atomic E-state index is 6.22. The lowest BCUT2D eigenvalue weighted by molar-refractivity contribution is 0.165. The molecule has 0 radical (unpaired) electrons. The lowest BCUT2D eigenvalue weighted by Crippen LogP contribution is -2.49. The Morgan fingerprint density at radius 3 is 3.06 bits per heavy atom. The third kappa shape index (κ3) is 2.98. The number of rotatable bonds is 2. The molecule has 0 spiro atoms. The Morgan fingerprint density at radius 1 is 1.56 bits per heavy atom. The largest absolute Gasteiger partial charge is 0.314 e.